The van der Waals surface area contributed by atoms with Crippen molar-refractivity contribution >= 4 is 23.4 Å². The molecule has 6 nitrogen and oxygen atoms in total. The Labute approximate surface area is 172 Å². The molecule has 2 saturated heterocycles. The molecular formula is C21H28ClN5O. The molecule has 0 bridgehead atoms. The first-order chi connectivity index (χ1) is 13.7. The fraction of sp³-hybridized carbons (Fsp3) is 0.524. The molecule has 1 aromatic carbocycles. The van der Waals surface area contributed by atoms with E-state index in [2.05, 4.69) is 38.9 Å². The number of likely N-dealkylation sites (tertiary alicyclic amines) is 1. The van der Waals surface area contributed by atoms with Crippen molar-refractivity contribution in [3.63, 3.8) is 0 Å². The molecule has 1 aromatic heterocycles. The van der Waals surface area contributed by atoms with Gasteiger partial charge in [0, 0.05) is 50.5 Å². The van der Waals surface area contributed by atoms with Crippen molar-refractivity contribution in [1.82, 2.24) is 14.9 Å². The van der Waals surface area contributed by atoms with E-state index in [1.54, 1.807) is 0 Å². The molecule has 28 heavy (non-hydrogen) atoms. The number of morpholine rings is 1. The Kier molecular flexibility index (Phi) is 6.29. The summed E-state index contributed by atoms with van der Waals surface area (Å²) in [6, 6.07) is 10.6. The molecule has 0 saturated carbocycles. The SMILES string of the molecule is CN(c1nccc(N2CCOCC2)n1)C1CCCN(Cc2cccc(Cl)c2)C1. The van der Waals surface area contributed by atoms with Crippen molar-refractivity contribution in [3.8, 4) is 0 Å². The van der Waals surface area contributed by atoms with Gasteiger partial charge in [-0.1, -0.05) is 23.7 Å². The summed E-state index contributed by atoms with van der Waals surface area (Å²) < 4.78 is 5.45. The third kappa shape index (κ3) is 4.74. The number of rotatable bonds is 5. The second-order valence-electron chi connectivity index (χ2n) is 7.59. The van der Waals surface area contributed by atoms with Crippen LogP contribution < -0.4 is 9.80 Å². The summed E-state index contributed by atoms with van der Waals surface area (Å²) >= 11 is 6.15. The summed E-state index contributed by atoms with van der Waals surface area (Å²) in [5, 5.41) is 0.802. The largest absolute Gasteiger partial charge is 0.378 e. The average Bonchev–Trinajstić information content (AvgIpc) is 2.74. The second-order valence-corrected chi connectivity index (χ2v) is 8.02. The number of aromatic nitrogens is 2. The fourth-order valence-electron chi connectivity index (χ4n) is 4.03. The van der Waals surface area contributed by atoms with Gasteiger partial charge in [-0.15, -0.1) is 0 Å². The molecule has 0 aliphatic carbocycles. The number of hydrogen-bond donors (Lipinski definition) is 0. The van der Waals surface area contributed by atoms with Gasteiger partial charge in [0.25, 0.3) is 0 Å². The zero-order valence-electron chi connectivity index (χ0n) is 16.4. The number of likely N-dealkylation sites (N-methyl/N-ethyl adjacent to an activating group) is 1. The predicted octanol–water partition coefficient (Wildman–Crippen LogP) is 3.07. The van der Waals surface area contributed by atoms with E-state index in [1.165, 1.54) is 12.0 Å². The lowest BCUT2D eigenvalue weighted by Gasteiger charge is -2.38. The van der Waals surface area contributed by atoms with Gasteiger partial charge in [0.1, 0.15) is 5.82 Å². The Bertz CT molecular complexity index is 783. The number of ether oxygens (including phenoxy) is 1. The summed E-state index contributed by atoms with van der Waals surface area (Å²) in [7, 11) is 2.12. The van der Waals surface area contributed by atoms with Crippen LogP contribution in [0.1, 0.15) is 18.4 Å². The van der Waals surface area contributed by atoms with Crippen LogP contribution in [0.15, 0.2) is 36.5 Å². The molecule has 4 rings (SSSR count). The van der Waals surface area contributed by atoms with Gasteiger partial charge in [0.15, 0.2) is 0 Å². The van der Waals surface area contributed by atoms with E-state index in [4.69, 9.17) is 21.3 Å². The molecule has 2 aliphatic rings. The summed E-state index contributed by atoms with van der Waals surface area (Å²) in [6.45, 7) is 6.35. The van der Waals surface area contributed by atoms with Crippen molar-refractivity contribution in [2.75, 3.05) is 56.2 Å². The Morgan fingerprint density at radius 3 is 2.89 bits per heavy atom. The second kappa shape index (κ2) is 9.07. The van der Waals surface area contributed by atoms with Crippen molar-refractivity contribution in [2.24, 2.45) is 0 Å². The fourth-order valence-corrected chi connectivity index (χ4v) is 4.24. The predicted molar refractivity (Wildman–Crippen MR) is 113 cm³/mol. The van der Waals surface area contributed by atoms with Crippen molar-refractivity contribution in [3.05, 3.63) is 47.1 Å². The molecule has 0 radical (unpaired) electrons. The van der Waals surface area contributed by atoms with Crippen LogP contribution >= 0.6 is 11.6 Å². The highest BCUT2D eigenvalue weighted by Crippen LogP contribution is 2.23. The van der Waals surface area contributed by atoms with Gasteiger partial charge < -0.3 is 14.5 Å². The Morgan fingerprint density at radius 1 is 1.21 bits per heavy atom. The van der Waals surface area contributed by atoms with E-state index in [1.807, 2.05) is 24.4 Å². The number of nitrogens with zero attached hydrogens (tertiary/aromatic N) is 5. The first kappa shape index (κ1) is 19.4. The third-order valence-corrected chi connectivity index (χ3v) is 5.84. The van der Waals surface area contributed by atoms with Crippen LogP contribution in [0.3, 0.4) is 0 Å². The summed E-state index contributed by atoms with van der Waals surface area (Å²) in [6.07, 6.45) is 4.21. The normalized spacial score (nSPS) is 20.9. The molecule has 150 valence electrons. The smallest absolute Gasteiger partial charge is 0.227 e. The molecular weight excluding hydrogens is 374 g/mol. The van der Waals surface area contributed by atoms with Gasteiger partial charge in [-0.3, -0.25) is 4.90 Å². The van der Waals surface area contributed by atoms with Crippen LogP contribution in [-0.4, -0.2) is 67.4 Å². The minimum atomic E-state index is 0.410. The topological polar surface area (TPSA) is 44.7 Å². The van der Waals surface area contributed by atoms with E-state index in [9.17, 15) is 0 Å². The highest BCUT2D eigenvalue weighted by Gasteiger charge is 2.25. The molecule has 2 fully saturated rings. The van der Waals surface area contributed by atoms with Gasteiger partial charge in [-0.25, -0.2) is 4.98 Å². The molecule has 1 unspecified atom stereocenters. The van der Waals surface area contributed by atoms with Crippen LogP contribution in [0.5, 0.6) is 0 Å². The lowest BCUT2D eigenvalue weighted by molar-refractivity contribution is 0.122. The standard InChI is InChI=1S/C21H28ClN5O/c1-25(21-23-8-7-20(24-21)27-10-12-28-13-11-27)19-6-3-9-26(16-19)15-17-4-2-5-18(22)14-17/h2,4-5,7-8,14,19H,3,6,9-13,15-16H2,1H3. The zero-order chi connectivity index (χ0) is 19.3. The molecule has 7 heteroatoms. The van der Waals surface area contributed by atoms with E-state index in [0.717, 1.165) is 69.1 Å². The maximum atomic E-state index is 6.15. The number of anilines is 2. The molecule has 3 heterocycles. The van der Waals surface area contributed by atoms with Crippen LogP contribution in [-0.2, 0) is 11.3 Å². The van der Waals surface area contributed by atoms with Crippen molar-refractivity contribution in [2.45, 2.75) is 25.4 Å². The maximum absolute atomic E-state index is 6.15. The highest BCUT2D eigenvalue weighted by molar-refractivity contribution is 6.30. The van der Waals surface area contributed by atoms with Crippen LogP contribution in [0.2, 0.25) is 5.02 Å². The van der Waals surface area contributed by atoms with Crippen LogP contribution in [0.25, 0.3) is 0 Å². The minimum absolute atomic E-state index is 0.410. The summed E-state index contributed by atoms with van der Waals surface area (Å²) in [5.41, 5.74) is 1.27. The lowest BCUT2D eigenvalue weighted by atomic mass is 10.0. The van der Waals surface area contributed by atoms with E-state index >= 15 is 0 Å². The molecule has 2 aromatic rings. The number of halogens is 1. The first-order valence-corrected chi connectivity index (χ1v) is 10.4. The van der Waals surface area contributed by atoms with E-state index in [-0.39, 0.29) is 0 Å². The monoisotopic (exact) mass is 401 g/mol. The zero-order valence-corrected chi connectivity index (χ0v) is 17.2. The van der Waals surface area contributed by atoms with Crippen LogP contribution in [0, 0.1) is 0 Å². The molecule has 2 aliphatic heterocycles. The van der Waals surface area contributed by atoms with Crippen LogP contribution in [0.4, 0.5) is 11.8 Å². The average molecular weight is 402 g/mol. The van der Waals surface area contributed by atoms with Gasteiger partial charge in [-0.05, 0) is 43.1 Å². The number of benzene rings is 1. The molecule has 0 amide bonds. The first-order valence-electron chi connectivity index (χ1n) is 10.0. The van der Waals surface area contributed by atoms with E-state index < -0.39 is 0 Å². The Morgan fingerprint density at radius 2 is 2.07 bits per heavy atom. The Balaban J connectivity index is 1.41. The van der Waals surface area contributed by atoms with Gasteiger partial charge in [0.2, 0.25) is 5.95 Å². The van der Waals surface area contributed by atoms with Gasteiger partial charge in [-0.2, -0.15) is 4.98 Å². The molecule has 1 atom stereocenters. The van der Waals surface area contributed by atoms with Gasteiger partial charge in [0.05, 0.1) is 13.2 Å². The molecule has 0 spiro atoms. The maximum Gasteiger partial charge on any atom is 0.227 e. The Hall–Kier alpha value is -1.89. The molecule has 0 N–H and O–H groups in total. The minimum Gasteiger partial charge on any atom is -0.378 e. The lowest BCUT2D eigenvalue weighted by Crippen LogP contribution is -2.47. The van der Waals surface area contributed by atoms with E-state index in [0.29, 0.717) is 6.04 Å². The summed E-state index contributed by atoms with van der Waals surface area (Å²) in [5.74, 6) is 1.80. The summed E-state index contributed by atoms with van der Waals surface area (Å²) in [4.78, 5) is 16.4. The number of piperidine rings is 1. The number of hydrogen-bond acceptors (Lipinski definition) is 6. The highest BCUT2D eigenvalue weighted by atomic mass is 35.5. The third-order valence-electron chi connectivity index (χ3n) is 5.60. The quantitative estimate of drug-likeness (QED) is 0.767. The van der Waals surface area contributed by atoms with Crippen molar-refractivity contribution < 1.29 is 4.74 Å². The van der Waals surface area contributed by atoms with Crippen molar-refractivity contribution in [1.29, 1.82) is 0 Å². The van der Waals surface area contributed by atoms with Gasteiger partial charge >= 0.3 is 0 Å².